The molecule has 1 spiro atoms. The van der Waals surface area contributed by atoms with E-state index in [1.54, 1.807) is 7.11 Å². The molecule has 3 fully saturated rings. The lowest BCUT2D eigenvalue weighted by molar-refractivity contribution is -0.171. The van der Waals surface area contributed by atoms with E-state index in [1.165, 1.54) is 25.7 Å². The number of nitrogens with one attached hydrogen (secondary N) is 2. The molecular formula is C17H31N3O3. The van der Waals surface area contributed by atoms with Gasteiger partial charge < -0.3 is 24.8 Å². The molecule has 2 N–H and O–H groups in total. The maximum absolute atomic E-state index is 5.97. The first-order chi connectivity index (χ1) is 11.3. The zero-order valence-corrected chi connectivity index (χ0v) is 14.5. The number of hydrogen-bond acceptors (Lipinski definition) is 4. The van der Waals surface area contributed by atoms with E-state index in [-0.39, 0.29) is 0 Å². The Morgan fingerprint density at radius 3 is 2.87 bits per heavy atom. The summed E-state index contributed by atoms with van der Waals surface area (Å²) in [6.07, 6.45) is 6.60. The van der Waals surface area contributed by atoms with Crippen LogP contribution in [0.15, 0.2) is 4.99 Å². The van der Waals surface area contributed by atoms with Crippen molar-refractivity contribution in [1.82, 2.24) is 10.6 Å². The average Bonchev–Trinajstić information content (AvgIpc) is 2.93. The van der Waals surface area contributed by atoms with Gasteiger partial charge in [-0.2, -0.15) is 0 Å². The molecule has 0 aromatic rings. The van der Waals surface area contributed by atoms with Gasteiger partial charge in [-0.25, -0.2) is 0 Å². The van der Waals surface area contributed by atoms with Gasteiger partial charge >= 0.3 is 0 Å². The van der Waals surface area contributed by atoms with Gasteiger partial charge in [-0.3, -0.25) is 4.99 Å². The molecule has 3 atom stereocenters. The van der Waals surface area contributed by atoms with Crippen LogP contribution in [0.25, 0.3) is 0 Å². The number of hydrogen-bond donors (Lipinski definition) is 2. The molecule has 3 unspecified atom stereocenters. The standard InChI is InChI=1S/C17H31N3O3/c1-18-16(19-8-4-9-22-12-11-21-2)20-14-13-5-10-23-15(13)17(14)6-3-7-17/h13-15H,3-12H2,1-2H3,(H2,18,19,20). The second-order valence-corrected chi connectivity index (χ2v) is 6.91. The van der Waals surface area contributed by atoms with Gasteiger partial charge in [0.25, 0.3) is 0 Å². The smallest absolute Gasteiger partial charge is 0.191 e. The van der Waals surface area contributed by atoms with Crippen molar-refractivity contribution >= 4 is 5.96 Å². The lowest BCUT2D eigenvalue weighted by Gasteiger charge is -2.63. The van der Waals surface area contributed by atoms with Crippen molar-refractivity contribution in [1.29, 1.82) is 0 Å². The molecule has 2 saturated carbocycles. The van der Waals surface area contributed by atoms with E-state index in [0.717, 1.165) is 32.1 Å². The number of fused-ring (bicyclic) bond motifs is 2. The summed E-state index contributed by atoms with van der Waals surface area (Å²) in [7, 11) is 3.54. The molecule has 1 heterocycles. The summed E-state index contributed by atoms with van der Waals surface area (Å²) in [5.41, 5.74) is 0.391. The first kappa shape index (κ1) is 17.0. The topological polar surface area (TPSA) is 64.1 Å². The number of ether oxygens (including phenoxy) is 3. The molecule has 6 heteroatoms. The number of nitrogens with zero attached hydrogens (tertiary/aromatic N) is 1. The number of rotatable bonds is 8. The normalized spacial score (nSPS) is 31.4. The van der Waals surface area contributed by atoms with Crippen molar-refractivity contribution in [2.75, 3.05) is 47.1 Å². The summed E-state index contributed by atoms with van der Waals surface area (Å²) >= 11 is 0. The molecule has 23 heavy (non-hydrogen) atoms. The second-order valence-electron chi connectivity index (χ2n) is 6.91. The van der Waals surface area contributed by atoms with Crippen LogP contribution >= 0.6 is 0 Å². The fourth-order valence-corrected chi connectivity index (χ4v) is 4.42. The lowest BCUT2D eigenvalue weighted by atomic mass is 9.46. The van der Waals surface area contributed by atoms with Crippen LogP contribution in [0.5, 0.6) is 0 Å². The number of guanidine groups is 1. The van der Waals surface area contributed by atoms with Crippen LogP contribution in [0.2, 0.25) is 0 Å². The first-order valence-corrected chi connectivity index (χ1v) is 8.97. The molecule has 3 rings (SSSR count). The van der Waals surface area contributed by atoms with E-state index >= 15 is 0 Å². The van der Waals surface area contributed by atoms with E-state index in [1.807, 2.05) is 7.05 Å². The van der Waals surface area contributed by atoms with Crippen molar-refractivity contribution in [2.45, 2.75) is 44.2 Å². The summed E-state index contributed by atoms with van der Waals surface area (Å²) < 4.78 is 16.4. The van der Waals surface area contributed by atoms with Crippen LogP contribution < -0.4 is 10.6 Å². The summed E-state index contributed by atoms with van der Waals surface area (Å²) in [6.45, 7) is 3.87. The minimum atomic E-state index is 0.391. The summed E-state index contributed by atoms with van der Waals surface area (Å²) in [4.78, 5) is 4.39. The fraction of sp³-hybridized carbons (Fsp3) is 0.941. The fourth-order valence-electron chi connectivity index (χ4n) is 4.42. The maximum Gasteiger partial charge on any atom is 0.191 e. The summed E-state index contributed by atoms with van der Waals surface area (Å²) in [5.74, 6) is 1.59. The van der Waals surface area contributed by atoms with Crippen molar-refractivity contribution < 1.29 is 14.2 Å². The maximum atomic E-state index is 5.97. The van der Waals surface area contributed by atoms with Crippen LogP contribution in [0.4, 0.5) is 0 Å². The van der Waals surface area contributed by atoms with E-state index < -0.39 is 0 Å². The van der Waals surface area contributed by atoms with Crippen LogP contribution in [0.3, 0.4) is 0 Å². The Kier molecular flexibility index (Phi) is 5.77. The van der Waals surface area contributed by atoms with Gasteiger partial charge in [-0.1, -0.05) is 6.42 Å². The van der Waals surface area contributed by atoms with Crippen LogP contribution in [-0.2, 0) is 14.2 Å². The molecule has 1 aliphatic heterocycles. The minimum Gasteiger partial charge on any atom is -0.382 e. The Morgan fingerprint density at radius 1 is 1.30 bits per heavy atom. The molecule has 1 saturated heterocycles. The zero-order chi connectivity index (χ0) is 16.1. The molecule has 0 radical (unpaired) electrons. The van der Waals surface area contributed by atoms with Gasteiger partial charge in [-0.15, -0.1) is 0 Å². The predicted molar refractivity (Wildman–Crippen MR) is 89.7 cm³/mol. The summed E-state index contributed by atoms with van der Waals surface area (Å²) in [5, 5.41) is 7.09. The molecule has 0 amide bonds. The second kappa shape index (κ2) is 7.81. The van der Waals surface area contributed by atoms with Crippen LogP contribution in [0.1, 0.15) is 32.1 Å². The van der Waals surface area contributed by atoms with Crippen LogP contribution in [0, 0.1) is 11.3 Å². The van der Waals surface area contributed by atoms with E-state index in [2.05, 4.69) is 15.6 Å². The van der Waals surface area contributed by atoms with Crippen molar-refractivity contribution in [3.63, 3.8) is 0 Å². The highest BCUT2D eigenvalue weighted by Crippen LogP contribution is 2.62. The van der Waals surface area contributed by atoms with Gasteiger partial charge in [0, 0.05) is 51.3 Å². The molecule has 3 aliphatic rings. The molecule has 0 aromatic heterocycles. The van der Waals surface area contributed by atoms with E-state index in [0.29, 0.717) is 36.7 Å². The highest BCUT2D eigenvalue weighted by molar-refractivity contribution is 5.80. The Labute approximate surface area is 139 Å². The molecular weight excluding hydrogens is 294 g/mol. The Hall–Kier alpha value is -0.850. The zero-order valence-electron chi connectivity index (χ0n) is 14.5. The lowest BCUT2D eigenvalue weighted by Crippen LogP contribution is -2.72. The van der Waals surface area contributed by atoms with Crippen molar-refractivity contribution in [3.8, 4) is 0 Å². The molecule has 2 aliphatic carbocycles. The minimum absolute atomic E-state index is 0.391. The average molecular weight is 325 g/mol. The quantitative estimate of drug-likeness (QED) is 0.398. The Bertz CT molecular complexity index is 412. The third-order valence-corrected chi connectivity index (χ3v) is 5.74. The molecule has 0 aromatic carbocycles. The van der Waals surface area contributed by atoms with Gasteiger partial charge in [0.15, 0.2) is 5.96 Å². The SMILES string of the molecule is CN=C(NCCCOCCOC)NC1C2CCOC2C12CCC2. The highest BCUT2D eigenvalue weighted by atomic mass is 16.5. The Morgan fingerprint density at radius 2 is 2.17 bits per heavy atom. The number of methoxy groups -OCH3 is 1. The van der Waals surface area contributed by atoms with Gasteiger partial charge in [-0.05, 0) is 25.7 Å². The van der Waals surface area contributed by atoms with E-state index in [4.69, 9.17) is 14.2 Å². The van der Waals surface area contributed by atoms with E-state index in [9.17, 15) is 0 Å². The molecule has 0 bridgehead atoms. The van der Waals surface area contributed by atoms with Crippen molar-refractivity contribution in [3.05, 3.63) is 0 Å². The third kappa shape index (κ3) is 3.35. The highest BCUT2D eigenvalue weighted by Gasteiger charge is 2.66. The van der Waals surface area contributed by atoms with Gasteiger partial charge in [0.2, 0.25) is 0 Å². The van der Waals surface area contributed by atoms with Crippen molar-refractivity contribution in [2.24, 2.45) is 16.3 Å². The first-order valence-electron chi connectivity index (χ1n) is 8.97. The summed E-state index contributed by atoms with van der Waals surface area (Å²) in [6, 6.07) is 0.535. The largest absolute Gasteiger partial charge is 0.382 e. The predicted octanol–water partition coefficient (Wildman–Crippen LogP) is 1.16. The van der Waals surface area contributed by atoms with Gasteiger partial charge in [0.1, 0.15) is 0 Å². The monoisotopic (exact) mass is 325 g/mol. The van der Waals surface area contributed by atoms with Crippen LogP contribution in [-0.4, -0.2) is 65.2 Å². The van der Waals surface area contributed by atoms with Gasteiger partial charge in [0.05, 0.1) is 19.3 Å². The Balaban J connectivity index is 1.38. The molecule has 132 valence electrons. The third-order valence-electron chi connectivity index (χ3n) is 5.74. The number of aliphatic imine (C=N–C) groups is 1. The molecule has 6 nitrogen and oxygen atoms in total.